The quantitative estimate of drug-likeness (QED) is 0.943. The summed E-state index contributed by atoms with van der Waals surface area (Å²) in [6.45, 7) is 7.17. The number of nitrogens with zero attached hydrogens (tertiary/aromatic N) is 3. The summed E-state index contributed by atoms with van der Waals surface area (Å²) in [4.78, 5) is 12.9. The van der Waals surface area contributed by atoms with E-state index in [1.54, 1.807) is 12.4 Å². The Hall–Kier alpha value is -1.33. The number of pyridine rings is 1. The molecule has 0 aliphatic carbocycles. The van der Waals surface area contributed by atoms with Crippen molar-refractivity contribution in [2.75, 3.05) is 0 Å². The van der Waals surface area contributed by atoms with E-state index in [4.69, 9.17) is 0 Å². The van der Waals surface area contributed by atoms with Gasteiger partial charge in [-0.3, -0.25) is 4.98 Å². The van der Waals surface area contributed by atoms with E-state index in [0.717, 1.165) is 22.1 Å². The summed E-state index contributed by atoms with van der Waals surface area (Å²) in [5.74, 6) is 0.688. The van der Waals surface area contributed by atoms with Crippen LogP contribution in [0.5, 0.6) is 0 Å². The van der Waals surface area contributed by atoms with Crippen molar-refractivity contribution in [3.63, 3.8) is 0 Å². The molecule has 0 unspecified atom stereocenters. The molecular formula is C14H17BrN4. The number of hydrogen-bond acceptors (Lipinski definition) is 4. The van der Waals surface area contributed by atoms with E-state index in [0.29, 0.717) is 5.82 Å². The molecule has 5 heteroatoms. The molecule has 2 rings (SSSR count). The van der Waals surface area contributed by atoms with Crippen molar-refractivity contribution in [2.45, 2.75) is 32.9 Å². The standard InChI is InChI=1S/C14H17BrN4/c1-14(2,3)19-7-10-5-17-13(18-6-10)11-4-12(15)9-16-8-11/h4-6,8-9,19H,7H2,1-3H3. The molecule has 100 valence electrons. The molecule has 0 amide bonds. The first kappa shape index (κ1) is 14.1. The number of nitrogens with one attached hydrogen (secondary N) is 1. The van der Waals surface area contributed by atoms with Crippen LogP contribution in [-0.2, 0) is 6.54 Å². The maximum atomic E-state index is 4.38. The van der Waals surface area contributed by atoms with Crippen LogP contribution in [0.4, 0.5) is 0 Å². The minimum atomic E-state index is 0.0902. The van der Waals surface area contributed by atoms with E-state index in [9.17, 15) is 0 Å². The summed E-state index contributed by atoms with van der Waals surface area (Å²) < 4.78 is 0.923. The van der Waals surface area contributed by atoms with Gasteiger partial charge in [-0.1, -0.05) is 0 Å². The normalized spacial score (nSPS) is 11.6. The highest BCUT2D eigenvalue weighted by Crippen LogP contribution is 2.17. The third kappa shape index (κ3) is 4.36. The zero-order valence-corrected chi connectivity index (χ0v) is 12.9. The van der Waals surface area contributed by atoms with Crippen LogP contribution in [0.2, 0.25) is 0 Å². The van der Waals surface area contributed by atoms with Gasteiger partial charge in [-0.2, -0.15) is 0 Å². The molecule has 0 bridgehead atoms. The van der Waals surface area contributed by atoms with Gasteiger partial charge in [0.05, 0.1) is 0 Å². The molecule has 0 spiro atoms. The molecule has 2 aromatic heterocycles. The molecule has 2 heterocycles. The predicted molar refractivity (Wildman–Crippen MR) is 79.6 cm³/mol. The van der Waals surface area contributed by atoms with E-state index in [-0.39, 0.29) is 5.54 Å². The fraction of sp³-hybridized carbons (Fsp3) is 0.357. The average molecular weight is 321 g/mol. The molecule has 0 saturated heterocycles. The Morgan fingerprint density at radius 2 is 1.79 bits per heavy atom. The van der Waals surface area contributed by atoms with Crippen molar-refractivity contribution < 1.29 is 0 Å². The monoisotopic (exact) mass is 320 g/mol. The fourth-order valence-electron chi connectivity index (χ4n) is 1.50. The van der Waals surface area contributed by atoms with Crippen LogP contribution in [0.25, 0.3) is 11.4 Å². The highest BCUT2D eigenvalue weighted by molar-refractivity contribution is 9.10. The Morgan fingerprint density at radius 1 is 1.11 bits per heavy atom. The van der Waals surface area contributed by atoms with Crippen molar-refractivity contribution >= 4 is 15.9 Å². The zero-order chi connectivity index (χ0) is 13.9. The number of hydrogen-bond donors (Lipinski definition) is 1. The first-order valence-corrected chi connectivity index (χ1v) is 6.90. The van der Waals surface area contributed by atoms with Crippen LogP contribution in [0.15, 0.2) is 35.3 Å². The van der Waals surface area contributed by atoms with Crippen LogP contribution < -0.4 is 5.32 Å². The Morgan fingerprint density at radius 3 is 2.37 bits per heavy atom. The molecule has 0 saturated carbocycles. The predicted octanol–water partition coefficient (Wildman–Crippen LogP) is 3.19. The lowest BCUT2D eigenvalue weighted by Crippen LogP contribution is -2.35. The van der Waals surface area contributed by atoms with Crippen LogP contribution in [-0.4, -0.2) is 20.5 Å². The van der Waals surface area contributed by atoms with Gasteiger partial charge in [0, 0.05) is 52.5 Å². The third-order valence-corrected chi connectivity index (χ3v) is 2.92. The third-order valence-electron chi connectivity index (χ3n) is 2.49. The Labute approximate surface area is 121 Å². The topological polar surface area (TPSA) is 50.7 Å². The van der Waals surface area contributed by atoms with Crippen molar-refractivity contribution in [3.8, 4) is 11.4 Å². The fourth-order valence-corrected chi connectivity index (χ4v) is 1.86. The lowest BCUT2D eigenvalue weighted by Gasteiger charge is -2.20. The molecule has 0 aromatic carbocycles. The highest BCUT2D eigenvalue weighted by atomic mass is 79.9. The minimum absolute atomic E-state index is 0.0902. The molecule has 0 aliphatic heterocycles. The van der Waals surface area contributed by atoms with E-state index in [1.165, 1.54) is 0 Å². The highest BCUT2D eigenvalue weighted by Gasteiger charge is 2.09. The first-order chi connectivity index (χ1) is 8.94. The van der Waals surface area contributed by atoms with E-state index >= 15 is 0 Å². The van der Waals surface area contributed by atoms with Crippen LogP contribution >= 0.6 is 15.9 Å². The van der Waals surface area contributed by atoms with Crippen LogP contribution in [0.1, 0.15) is 26.3 Å². The lowest BCUT2D eigenvalue weighted by molar-refractivity contribution is 0.423. The zero-order valence-electron chi connectivity index (χ0n) is 11.3. The summed E-state index contributed by atoms with van der Waals surface area (Å²) in [5.41, 5.74) is 2.07. The van der Waals surface area contributed by atoms with Gasteiger partial charge in [0.2, 0.25) is 0 Å². The summed E-state index contributed by atoms with van der Waals surface area (Å²) in [5, 5.41) is 3.41. The van der Waals surface area contributed by atoms with Gasteiger partial charge in [0.25, 0.3) is 0 Å². The molecule has 0 atom stereocenters. The summed E-state index contributed by atoms with van der Waals surface area (Å²) in [7, 11) is 0. The molecule has 2 aromatic rings. The van der Waals surface area contributed by atoms with Gasteiger partial charge >= 0.3 is 0 Å². The largest absolute Gasteiger partial charge is 0.308 e. The van der Waals surface area contributed by atoms with Crippen molar-refractivity contribution in [1.29, 1.82) is 0 Å². The average Bonchev–Trinajstić information content (AvgIpc) is 2.36. The minimum Gasteiger partial charge on any atom is -0.308 e. The summed E-state index contributed by atoms with van der Waals surface area (Å²) >= 11 is 3.39. The van der Waals surface area contributed by atoms with Gasteiger partial charge in [0.1, 0.15) is 0 Å². The SMILES string of the molecule is CC(C)(C)NCc1cnc(-c2cncc(Br)c2)nc1. The van der Waals surface area contributed by atoms with E-state index in [2.05, 4.69) is 57.0 Å². The second-order valence-electron chi connectivity index (χ2n) is 5.41. The number of rotatable bonds is 3. The summed E-state index contributed by atoms with van der Waals surface area (Å²) in [6.07, 6.45) is 7.20. The maximum absolute atomic E-state index is 4.38. The lowest BCUT2D eigenvalue weighted by atomic mass is 10.1. The van der Waals surface area contributed by atoms with Gasteiger partial charge in [0.15, 0.2) is 5.82 Å². The molecule has 0 aliphatic rings. The van der Waals surface area contributed by atoms with Gasteiger partial charge in [-0.05, 0) is 42.8 Å². The van der Waals surface area contributed by atoms with E-state index in [1.807, 2.05) is 18.5 Å². The molecule has 0 radical (unpaired) electrons. The molecule has 0 fully saturated rings. The van der Waals surface area contributed by atoms with Crippen molar-refractivity contribution in [1.82, 2.24) is 20.3 Å². The molecule has 19 heavy (non-hydrogen) atoms. The number of halogens is 1. The maximum Gasteiger partial charge on any atom is 0.160 e. The van der Waals surface area contributed by atoms with Crippen molar-refractivity contribution in [2.24, 2.45) is 0 Å². The Kier molecular flexibility index (Phi) is 4.27. The Bertz CT molecular complexity index is 546. The van der Waals surface area contributed by atoms with Gasteiger partial charge in [-0.15, -0.1) is 0 Å². The van der Waals surface area contributed by atoms with Crippen LogP contribution in [0.3, 0.4) is 0 Å². The molecule has 4 nitrogen and oxygen atoms in total. The van der Waals surface area contributed by atoms with Crippen molar-refractivity contribution in [3.05, 3.63) is 40.9 Å². The van der Waals surface area contributed by atoms with Gasteiger partial charge in [-0.25, -0.2) is 9.97 Å². The Balaban J connectivity index is 2.10. The van der Waals surface area contributed by atoms with Crippen LogP contribution in [0, 0.1) is 0 Å². The summed E-state index contributed by atoms with van der Waals surface area (Å²) in [6, 6.07) is 1.95. The first-order valence-electron chi connectivity index (χ1n) is 6.11. The second kappa shape index (κ2) is 5.75. The second-order valence-corrected chi connectivity index (χ2v) is 6.33. The van der Waals surface area contributed by atoms with E-state index < -0.39 is 0 Å². The molecular weight excluding hydrogens is 304 g/mol. The molecule has 1 N–H and O–H groups in total. The number of aromatic nitrogens is 3. The smallest absolute Gasteiger partial charge is 0.160 e. The van der Waals surface area contributed by atoms with Gasteiger partial charge < -0.3 is 5.32 Å².